The molecule has 0 aliphatic heterocycles. The minimum absolute atomic E-state index is 0. The predicted octanol–water partition coefficient (Wildman–Crippen LogP) is -3.98. The SMILES string of the molecule is O=S(=O)(O)O.[CH2-]S(=O)(=O)O.[Na+]. The molecule has 11 heavy (non-hydrogen) atoms. The van der Waals surface area contributed by atoms with Gasteiger partial charge in [0.2, 0.25) is 0 Å². The van der Waals surface area contributed by atoms with Crippen LogP contribution in [0.5, 0.6) is 0 Å². The zero-order chi connectivity index (χ0) is 9.00. The summed E-state index contributed by atoms with van der Waals surface area (Å²) in [6, 6.07) is 0. The van der Waals surface area contributed by atoms with Crippen LogP contribution in [0.4, 0.5) is 0 Å². The molecule has 0 unspecified atom stereocenters. The van der Waals surface area contributed by atoms with Crippen molar-refractivity contribution in [2.24, 2.45) is 0 Å². The van der Waals surface area contributed by atoms with E-state index in [2.05, 4.69) is 6.26 Å². The van der Waals surface area contributed by atoms with Gasteiger partial charge in [-0.25, -0.2) is 8.42 Å². The molecule has 0 radical (unpaired) electrons. The number of rotatable bonds is 0. The summed E-state index contributed by atoms with van der Waals surface area (Å²) in [5.74, 6) is 0. The standard InChI is InChI=1S/CH3O3S.Na.H2O4S/c1-5(2,3)4;;1-5(2,3)4/h1H2,(H,2,3,4);;(H2,1,2,3,4)/q-1;+1;. The van der Waals surface area contributed by atoms with Crippen molar-refractivity contribution in [1.82, 2.24) is 0 Å². The van der Waals surface area contributed by atoms with Gasteiger partial charge in [0.05, 0.1) is 0 Å². The summed E-state index contributed by atoms with van der Waals surface area (Å²) >= 11 is 0. The molecular weight excluding hydrogens is 211 g/mol. The van der Waals surface area contributed by atoms with Gasteiger partial charge in [0.15, 0.2) is 0 Å². The summed E-state index contributed by atoms with van der Waals surface area (Å²) in [4.78, 5) is 0. The van der Waals surface area contributed by atoms with Gasteiger partial charge in [-0.2, -0.15) is 14.7 Å². The Morgan fingerprint density at radius 1 is 0.909 bits per heavy atom. The monoisotopic (exact) mass is 216 g/mol. The first-order valence-corrected chi connectivity index (χ1v) is 4.51. The predicted molar refractivity (Wildman–Crippen MR) is 31.1 cm³/mol. The normalized spacial score (nSPS) is 10.5. The molecule has 10 heteroatoms. The fraction of sp³-hybridized carbons (Fsp3) is 0. The van der Waals surface area contributed by atoms with Gasteiger partial charge in [-0.15, -0.1) is 0 Å². The molecule has 7 nitrogen and oxygen atoms in total. The van der Waals surface area contributed by atoms with E-state index in [1.165, 1.54) is 0 Å². The molecule has 0 heterocycles. The summed E-state index contributed by atoms with van der Waals surface area (Å²) in [5, 5.41) is 0. The van der Waals surface area contributed by atoms with Crippen LogP contribution in [-0.2, 0) is 20.5 Å². The first-order valence-electron chi connectivity index (χ1n) is 1.50. The molecule has 0 saturated carbocycles. The van der Waals surface area contributed by atoms with Crippen molar-refractivity contribution < 1.29 is 60.1 Å². The zero-order valence-corrected chi connectivity index (χ0v) is 9.13. The van der Waals surface area contributed by atoms with Crippen LogP contribution in [0.1, 0.15) is 0 Å². The molecule has 0 atom stereocenters. The molecule has 0 aromatic heterocycles. The fourth-order valence-corrected chi connectivity index (χ4v) is 0. The van der Waals surface area contributed by atoms with Crippen LogP contribution in [0.15, 0.2) is 0 Å². The Bertz CT molecular complexity index is 213. The first kappa shape index (κ1) is 17.8. The Morgan fingerprint density at radius 2 is 0.909 bits per heavy atom. The van der Waals surface area contributed by atoms with E-state index in [1.807, 2.05) is 0 Å². The molecule has 0 bridgehead atoms. The van der Waals surface area contributed by atoms with Crippen molar-refractivity contribution in [1.29, 1.82) is 0 Å². The Balaban J connectivity index is -0.000000107. The second-order valence-corrected chi connectivity index (χ2v) is 3.09. The Kier molecular flexibility index (Phi) is 10.2. The molecule has 3 N–H and O–H groups in total. The van der Waals surface area contributed by atoms with Gasteiger partial charge < -0.3 is 4.55 Å². The Labute approximate surface area is 86.4 Å². The summed E-state index contributed by atoms with van der Waals surface area (Å²) in [6.45, 7) is 0. The van der Waals surface area contributed by atoms with Crippen molar-refractivity contribution >= 4 is 20.5 Å². The topological polar surface area (TPSA) is 129 Å². The van der Waals surface area contributed by atoms with E-state index >= 15 is 0 Å². The van der Waals surface area contributed by atoms with Crippen LogP contribution in [-0.4, -0.2) is 30.5 Å². The molecule has 64 valence electrons. The third-order valence-corrected chi connectivity index (χ3v) is 0. The molecule has 0 fully saturated rings. The molecule has 0 aromatic rings. The van der Waals surface area contributed by atoms with Crippen molar-refractivity contribution in [2.45, 2.75) is 0 Å². The average Bonchev–Trinajstić information content (AvgIpc) is 1.12. The minimum atomic E-state index is -4.67. The van der Waals surface area contributed by atoms with Gasteiger partial charge in [-0.05, 0) is 0 Å². The van der Waals surface area contributed by atoms with E-state index in [0.29, 0.717) is 0 Å². The molecule has 0 rings (SSSR count). The summed E-state index contributed by atoms with van der Waals surface area (Å²) in [7, 11) is -8.58. The van der Waals surface area contributed by atoms with Crippen LogP contribution < -0.4 is 29.6 Å². The van der Waals surface area contributed by atoms with E-state index in [1.54, 1.807) is 0 Å². The van der Waals surface area contributed by atoms with E-state index in [-0.39, 0.29) is 29.6 Å². The van der Waals surface area contributed by atoms with E-state index < -0.39 is 20.5 Å². The van der Waals surface area contributed by atoms with Crippen LogP contribution in [0.25, 0.3) is 0 Å². The zero-order valence-electron chi connectivity index (χ0n) is 5.50. The quantitative estimate of drug-likeness (QED) is 0.214. The van der Waals surface area contributed by atoms with Gasteiger partial charge in [0.25, 0.3) is 0 Å². The summed E-state index contributed by atoms with van der Waals surface area (Å²) in [6.07, 6.45) is 2.30. The third-order valence-electron chi connectivity index (χ3n) is 0. The third kappa shape index (κ3) is 1370. The molecule has 0 amide bonds. The maximum atomic E-state index is 9.08. The van der Waals surface area contributed by atoms with Crippen molar-refractivity contribution in [3.05, 3.63) is 6.26 Å². The second-order valence-electron chi connectivity index (χ2n) is 1.03. The molecule has 0 saturated heterocycles. The molecular formula is CH5NaO7S2. The van der Waals surface area contributed by atoms with E-state index in [9.17, 15) is 0 Å². The molecule has 0 aliphatic rings. The maximum absolute atomic E-state index is 9.08. The fourth-order valence-electron chi connectivity index (χ4n) is 0. The summed E-state index contributed by atoms with van der Waals surface area (Å²) < 4.78 is 57.1. The maximum Gasteiger partial charge on any atom is 1.00 e. The van der Waals surface area contributed by atoms with Crippen molar-refractivity contribution in [3.63, 3.8) is 0 Å². The first-order chi connectivity index (χ1) is 4.00. The Morgan fingerprint density at radius 3 is 0.909 bits per heavy atom. The Hall–Kier alpha value is 0.780. The van der Waals surface area contributed by atoms with Crippen molar-refractivity contribution in [2.75, 3.05) is 0 Å². The number of hydrogen-bond donors (Lipinski definition) is 3. The van der Waals surface area contributed by atoms with E-state index in [4.69, 9.17) is 30.5 Å². The van der Waals surface area contributed by atoms with E-state index in [0.717, 1.165) is 0 Å². The second kappa shape index (κ2) is 6.31. The van der Waals surface area contributed by atoms with Crippen LogP contribution in [0.3, 0.4) is 0 Å². The summed E-state index contributed by atoms with van der Waals surface area (Å²) in [5.41, 5.74) is 0. The van der Waals surface area contributed by atoms with Gasteiger partial charge in [0.1, 0.15) is 10.1 Å². The molecule has 0 spiro atoms. The largest absolute Gasteiger partial charge is 1.00 e. The van der Waals surface area contributed by atoms with Gasteiger partial charge >= 0.3 is 40.0 Å². The van der Waals surface area contributed by atoms with Gasteiger partial charge in [-0.1, -0.05) is 0 Å². The smallest absolute Gasteiger partial charge is 0.310 e. The molecule has 0 aromatic carbocycles. The van der Waals surface area contributed by atoms with Crippen LogP contribution in [0, 0.1) is 6.26 Å². The average molecular weight is 216 g/mol. The van der Waals surface area contributed by atoms with Gasteiger partial charge in [-0.3, -0.25) is 9.11 Å². The molecule has 0 aliphatic carbocycles. The van der Waals surface area contributed by atoms with Crippen LogP contribution >= 0.6 is 0 Å². The number of hydrogen-bond acceptors (Lipinski definition) is 4. The minimum Gasteiger partial charge on any atom is -0.310 e. The van der Waals surface area contributed by atoms with Crippen molar-refractivity contribution in [3.8, 4) is 0 Å². The van der Waals surface area contributed by atoms with Gasteiger partial charge in [0, 0.05) is 0 Å². The van der Waals surface area contributed by atoms with Crippen LogP contribution in [0.2, 0.25) is 0 Å².